The van der Waals surface area contributed by atoms with Crippen molar-refractivity contribution in [2.75, 3.05) is 10.6 Å². The summed E-state index contributed by atoms with van der Waals surface area (Å²) in [4.78, 5) is 12.1. The Morgan fingerprint density at radius 2 is 2.00 bits per heavy atom. The monoisotopic (exact) mass is 401 g/mol. The fourth-order valence-corrected chi connectivity index (χ4v) is 3.71. The van der Waals surface area contributed by atoms with E-state index in [0.29, 0.717) is 5.33 Å². The summed E-state index contributed by atoms with van der Waals surface area (Å²) in [5.41, 5.74) is 0.796. The third kappa shape index (κ3) is 3.09. The number of para-hydroxylation sites is 1. The summed E-state index contributed by atoms with van der Waals surface area (Å²) in [7, 11) is 0. The molecule has 3 nitrogen and oxygen atoms in total. The predicted molar refractivity (Wildman–Crippen MR) is 88.2 cm³/mol. The number of carbonyl (C=O) groups excluding carboxylic acids is 1. The van der Waals surface area contributed by atoms with Gasteiger partial charge in [0, 0.05) is 5.69 Å². The third-order valence-corrected chi connectivity index (χ3v) is 5.13. The minimum absolute atomic E-state index is 0.242. The van der Waals surface area contributed by atoms with Crippen LogP contribution in [0.4, 0.5) is 5.69 Å². The van der Waals surface area contributed by atoms with Gasteiger partial charge in [-0.15, -0.1) is 0 Å². The number of alkyl halides is 1. The van der Waals surface area contributed by atoms with Crippen LogP contribution < -0.4 is 5.32 Å². The van der Waals surface area contributed by atoms with Crippen LogP contribution in [0.15, 0.2) is 40.4 Å². The van der Waals surface area contributed by atoms with Crippen LogP contribution >= 0.6 is 31.9 Å². The van der Waals surface area contributed by atoms with Crippen LogP contribution in [0.25, 0.3) is 0 Å². The molecule has 1 aliphatic heterocycles. The number of hydrogen-bond donors (Lipinski definition) is 1. The van der Waals surface area contributed by atoms with E-state index in [1.54, 1.807) is 0 Å². The van der Waals surface area contributed by atoms with Crippen LogP contribution in [0, 0.1) is 0 Å². The normalized spacial score (nSPS) is 22.1. The van der Waals surface area contributed by atoms with E-state index in [9.17, 15) is 4.79 Å². The first kappa shape index (κ1) is 15.6. The Labute approximate surface area is 136 Å². The lowest BCUT2D eigenvalue weighted by Crippen LogP contribution is -2.41. The molecule has 0 amide bonds. The first-order valence-corrected chi connectivity index (χ1v) is 8.56. The Morgan fingerprint density at radius 3 is 2.60 bits per heavy atom. The molecule has 1 heterocycles. The minimum Gasteiger partial charge on any atom is -0.430 e. The highest BCUT2D eigenvalue weighted by Gasteiger charge is 2.45. The summed E-state index contributed by atoms with van der Waals surface area (Å²) in [6.45, 7) is 2.11. The van der Waals surface area contributed by atoms with Crippen molar-refractivity contribution in [1.82, 2.24) is 0 Å². The maximum Gasteiger partial charge on any atom is 0.337 e. The van der Waals surface area contributed by atoms with Gasteiger partial charge in [-0.3, -0.25) is 0 Å². The topological polar surface area (TPSA) is 38.3 Å². The minimum atomic E-state index is -0.846. The average Bonchev–Trinajstić information content (AvgIpc) is 2.70. The highest BCUT2D eigenvalue weighted by Crippen LogP contribution is 2.40. The third-order valence-electron chi connectivity index (χ3n) is 3.22. The van der Waals surface area contributed by atoms with Crippen LogP contribution in [0.2, 0.25) is 0 Å². The van der Waals surface area contributed by atoms with Gasteiger partial charge in [0.1, 0.15) is 0 Å². The number of unbranched alkanes of at least 4 members (excludes halogenated alkanes) is 1. The zero-order valence-electron chi connectivity index (χ0n) is 11.3. The van der Waals surface area contributed by atoms with Crippen molar-refractivity contribution in [2.45, 2.75) is 31.9 Å². The summed E-state index contributed by atoms with van der Waals surface area (Å²) >= 11 is 7.01. The molecule has 1 N–H and O–H groups in total. The van der Waals surface area contributed by atoms with Gasteiger partial charge in [0.25, 0.3) is 0 Å². The SMILES string of the molecule is CCCCC1=C(Br)C(CBr)(Nc2ccccc2)OC1=O. The molecule has 1 aromatic rings. The van der Waals surface area contributed by atoms with Gasteiger partial charge < -0.3 is 10.1 Å². The zero-order valence-corrected chi connectivity index (χ0v) is 14.5. The number of esters is 1. The molecule has 5 heteroatoms. The second-order valence-corrected chi connectivity index (χ2v) is 6.09. The van der Waals surface area contributed by atoms with Crippen LogP contribution in [0.5, 0.6) is 0 Å². The molecule has 2 rings (SSSR count). The van der Waals surface area contributed by atoms with Crippen molar-refractivity contribution in [3.05, 3.63) is 40.4 Å². The molecule has 108 valence electrons. The van der Waals surface area contributed by atoms with Crippen molar-refractivity contribution in [2.24, 2.45) is 0 Å². The lowest BCUT2D eigenvalue weighted by Gasteiger charge is -2.28. The lowest BCUT2D eigenvalue weighted by atomic mass is 10.1. The Balaban J connectivity index is 2.27. The fourth-order valence-electron chi connectivity index (χ4n) is 2.12. The summed E-state index contributed by atoms with van der Waals surface area (Å²) in [5.74, 6) is -0.242. The Kier molecular flexibility index (Phi) is 5.27. The van der Waals surface area contributed by atoms with E-state index in [4.69, 9.17) is 4.74 Å². The number of carbonyl (C=O) groups is 1. The smallest absolute Gasteiger partial charge is 0.337 e. The molecule has 0 aliphatic carbocycles. The molecular weight excluding hydrogens is 386 g/mol. The van der Waals surface area contributed by atoms with E-state index in [1.807, 2.05) is 30.3 Å². The zero-order chi connectivity index (χ0) is 14.6. The molecule has 1 aromatic carbocycles. The molecule has 0 radical (unpaired) electrons. The van der Waals surface area contributed by atoms with Gasteiger partial charge in [-0.1, -0.05) is 47.5 Å². The summed E-state index contributed by atoms with van der Waals surface area (Å²) in [6.07, 6.45) is 2.76. The molecule has 0 fully saturated rings. The molecule has 0 aromatic heterocycles. The van der Waals surface area contributed by atoms with Crippen molar-refractivity contribution < 1.29 is 9.53 Å². The van der Waals surface area contributed by atoms with Crippen LogP contribution in [0.3, 0.4) is 0 Å². The number of anilines is 1. The van der Waals surface area contributed by atoms with E-state index in [2.05, 4.69) is 44.1 Å². The van der Waals surface area contributed by atoms with Gasteiger partial charge >= 0.3 is 5.97 Å². The number of rotatable bonds is 6. The van der Waals surface area contributed by atoms with E-state index in [0.717, 1.165) is 35.0 Å². The number of halogens is 2. The maximum absolute atomic E-state index is 12.1. The lowest BCUT2D eigenvalue weighted by molar-refractivity contribution is -0.143. The number of ether oxygens (including phenoxy) is 1. The first-order chi connectivity index (χ1) is 9.63. The maximum atomic E-state index is 12.1. The molecule has 0 saturated heterocycles. The van der Waals surface area contributed by atoms with Gasteiger partial charge in [-0.2, -0.15) is 0 Å². The summed E-state index contributed by atoms with van der Waals surface area (Å²) in [6, 6.07) is 9.72. The molecular formula is C15H17Br2NO2. The van der Waals surface area contributed by atoms with Crippen molar-refractivity contribution in [3.63, 3.8) is 0 Å². The standard InChI is InChI=1S/C15H17Br2NO2/c1-2-3-9-12-13(17)15(10-16,20-14(12)19)18-11-7-5-4-6-8-11/h4-8,18H,2-3,9-10H2,1H3. The first-order valence-electron chi connectivity index (χ1n) is 6.64. The summed E-state index contributed by atoms with van der Waals surface area (Å²) < 4.78 is 6.40. The van der Waals surface area contributed by atoms with Gasteiger partial charge in [0.2, 0.25) is 5.72 Å². The van der Waals surface area contributed by atoms with E-state index in [1.165, 1.54) is 0 Å². The van der Waals surface area contributed by atoms with Crippen LogP contribution in [-0.2, 0) is 9.53 Å². The van der Waals surface area contributed by atoms with Gasteiger partial charge in [-0.05, 0) is 40.9 Å². The highest BCUT2D eigenvalue weighted by atomic mass is 79.9. The number of hydrogen-bond acceptors (Lipinski definition) is 3. The van der Waals surface area contributed by atoms with Crippen molar-refractivity contribution in [1.29, 1.82) is 0 Å². The Hall–Kier alpha value is -0.810. The molecule has 0 spiro atoms. The largest absolute Gasteiger partial charge is 0.430 e. The molecule has 0 saturated carbocycles. The number of nitrogens with one attached hydrogen (secondary N) is 1. The molecule has 20 heavy (non-hydrogen) atoms. The molecule has 1 unspecified atom stereocenters. The average molecular weight is 403 g/mol. The second-order valence-electron chi connectivity index (χ2n) is 4.74. The van der Waals surface area contributed by atoms with Gasteiger partial charge in [-0.25, -0.2) is 4.79 Å². The second kappa shape index (κ2) is 6.76. The quantitative estimate of drug-likeness (QED) is 0.558. The van der Waals surface area contributed by atoms with E-state index in [-0.39, 0.29) is 5.97 Å². The molecule has 1 atom stereocenters. The van der Waals surface area contributed by atoms with E-state index < -0.39 is 5.72 Å². The summed E-state index contributed by atoms with van der Waals surface area (Å²) in [5, 5.41) is 3.78. The predicted octanol–water partition coefficient (Wildman–Crippen LogP) is 4.59. The number of benzene rings is 1. The van der Waals surface area contributed by atoms with Crippen molar-refractivity contribution >= 4 is 43.5 Å². The Bertz CT molecular complexity index is 516. The van der Waals surface area contributed by atoms with E-state index >= 15 is 0 Å². The van der Waals surface area contributed by atoms with Crippen LogP contribution in [-0.4, -0.2) is 17.0 Å². The number of cyclic esters (lactones) is 1. The van der Waals surface area contributed by atoms with Crippen molar-refractivity contribution in [3.8, 4) is 0 Å². The highest BCUT2D eigenvalue weighted by molar-refractivity contribution is 9.12. The van der Waals surface area contributed by atoms with Gasteiger partial charge in [0.05, 0.1) is 15.4 Å². The molecule has 1 aliphatic rings. The van der Waals surface area contributed by atoms with Crippen LogP contribution in [0.1, 0.15) is 26.2 Å². The Morgan fingerprint density at radius 1 is 1.30 bits per heavy atom. The fraction of sp³-hybridized carbons (Fsp3) is 0.400. The van der Waals surface area contributed by atoms with Gasteiger partial charge in [0.15, 0.2) is 0 Å². The molecule has 0 bridgehead atoms.